The molecule has 2 aromatic carbocycles. The number of para-hydroxylation sites is 3. The molecule has 1 aliphatic heterocycles. The third-order valence-electron chi connectivity index (χ3n) is 5.64. The maximum Gasteiger partial charge on any atom is 0.153 e. The first kappa shape index (κ1) is 16.5. The van der Waals surface area contributed by atoms with Gasteiger partial charge in [-0.3, -0.25) is 0 Å². The zero-order valence-electron chi connectivity index (χ0n) is 15.0. The summed E-state index contributed by atoms with van der Waals surface area (Å²) < 4.78 is 6.14. The molecule has 0 unspecified atom stereocenters. The lowest BCUT2D eigenvalue weighted by Crippen LogP contribution is -2.08. The molecule has 2 aromatic rings. The minimum Gasteiger partial charge on any atom is -0.453 e. The lowest BCUT2D eigenvalue weighted by molar-refractivity contribution is 0.464. The Morgan fingerprint density at radius 2 is 1.32 bits per heavy atom. The summed E-state index contributed by atoms with van der Waals surface area (Å²) >= 11 is 0. The second kappa shape index (κ2) is 7.95. The van der Waals surface area contributed by atoms with Crippen LogP contribution in [0.3, 0.4) is 0 Å². The maximum absolute atomic E-state index is 6.14. The average Bonchev–Trinajstić information content (AvgIpc) is 2.71. The first-order chi connectivity index (χ1) is 12.4. The van der Waals surface area contributed by atoms with E-state index in [0.29, 0.717) is 5.92 Å². The maximum atomic E-state index is 6.14. The first-order valence-corrected chi connectivity index (χ1v) is 10.0. The average molecular weight is 334 g/mol. The van der Waals surface area contributed by atoms with E-state index in [1.165, 1.54) is 69.8 Å². The number of rotatable bonds is 1. The van der Waals surface area contributed by atoms with Crippen molar-refractivity contribution in [3.8, 4) is 11.5 Å². The minimum atomic E-state index is 0.616. The smallest absolute Gasteiger partial charge is 0.153 e. The molecule has 1 saturated carbocycles. The van der Waals surface area contributed by atoms with Crippen molar-refractivity contribution in [2.75, 3.05) is 0 Å². The fourth-order valence-electron chi connectivity index (χ4n) is 4.24. The van der Waals surface area contributed by atoms with E-state index in [0.717, 1.165) is 22.9 Å². The molecule has 0 bridgehead atoms. The number of nitrogens with zero attached hydrogens (tertiary/aromatic N) is 1. The Bertz CT molecular complexity index is 697. The molecule has 2 heteroatoms. The van der Waals surface area contributed by atoms with E-state index < -0.39 is 0 Å². The van der Waals surface area contributed by atoms with E-state index in [1.807, 2.05) is 24.3 Å². The quantitative estimate of drug-likeness (QED) is 0.456. The van der Waals surface area contributed by atoms with Gasteiger partial charge in [0.1, 0.15) is 11.4 Å². The molecule has 0 N–H and O–H groups in total. The fourth-order valence-corrected chi connectivity index (χ4v) is 4.24. The molecule has 1 fully saturated rings. The normalized spacial score (nSPS) is 18.9. The molecule has 1 radical (unpaired) electrons. The van der Waals surface area contributed by atoms with Crippen LogP contribution in [-0.4, -0.2) is 0 Å². The second-order valence-electron chi connectivity index (χ2n) is 7.48. The van der Waals surface area contributed by atoms with E-state index >= 15 is 0 Å². The van der Waals surface area contributed by atoms with Gasteiger partial charge in [-0.15, -0.1) is 0 Å². The third-order valence-corrected chi connectivity index (χ3v) is 5.64. The van der Waals surface area contributed by atoms with Gasteiger partial charge in [0.05, 0.1) is 0 Å². The van der Waals surface area contributed by atoms with Crippen molar-refractivity contribution < 1.29 is 4.74 Å². The Balaban J connectivity index is 1.59. The largest absolute Gasteiger partial charge is 0.453 e. The molecular weight excluding hydrogens is 306 g/mol. The van der Waals surface area contributed by atoms with Crippen LogP contribution in [-0.2, 0) is 0 Å². The summed E-state index contributed by atoms with van der Waals surface area (Å²) in [5.74, 6) is 2.41. The standard InChI is InChI=1S/C23H28NO/c1-2-4-6-8-13-18(12-7-5-3-1)19-14-11-17-22-23(19)24-20-15-9-10-16-21(20)25-22/h9-11,14-18H,1-8,12-13H2. The highest BCUT2D eigenvalue weighted by Gasteiger charge is 2.24. The van der Waals surface area contributed by atoms with E-state index in [2.05, 4.69) is 18.2 Å². The molecule has 0 saturated heterocycles. The molecule has 0 aromatic heterocycles. The van der Waals surface area contributed by atoms with Gasteiger partial charge in [-0.25, -0.2) is 5.32 Å². The van der Waals surface area contributed by atoms with E-state index in [9.17, 15) is 0 Å². The molecule has 0 atom stereocenters. The highest BCUT2D eigenvalue weighted by atomic mass is 16.5. The van der Waals surface area contributed by atoms with Crippen LogP contribution in [0.5, 0.6) is 11.5 Å². The van der Waals surface area contributed by atoms with Crippen LogP contribution < -0.4 is 10.1 Å². The minimum absolute atomic E-state index is 0.616. The van der Waals surface area contributed by atoms with Crippen molar-refractivity contribution in [2.24, 2.45) is 0 Å². The summed E-state index contributed by atoms with van der Waals surface area (Å²) in [6.07, 6.45) is 13.7. The topological polar surface area (TPSA) is 23.3 Å². The van der Waals surface area contributed by atoms with Gasteiger partial charge in [-0.2, -0.15) is 0 Å². The monoisotopic (exact) mass is 334 g/mol. The van der Waals surface area contributed by atoms with Crippen LogP contribution >= 0.6 is 0 Å². The Hall–Kier alpha value is -1.96. The number of fused-ring (bicyclic) bond motifs is 2. The Morgan fingerprint density at radius 3 is 2.08 bits per heavy atom. The third kappa shape index (κ3) is 3.84. The predicted molar refractivity (Wildman–Crippen MR) is 103 cm³/mol. The Morgan fingerprint density at radius 1 is 0.680 bits per heavy atom. The van der Waals surface area contributed by atoms with Gasteiger partial charge >= 0.3 is 0 Å². The zero-order valence-corrected chi connectivity index (χ0v) is 15.0. The molecule has 0 spiro atoms. The van der Waals surface area contributed by atoms with Gasteiger partial charge in [-0.1, -0.05) is 75.6 Å². The van der Waals surface area contributed by atoms with Gasteiger partial charge in [0.15, 0.2) is 11.5 Å². The van der Waals surface area contributed by atoms with Crippen molar-refractivity contribution in [3.05, 3.63) is 48.0 Å². The predicted octanol–water partition coefficient (Wildman–Crippen LogP) is 7.36. The number of ether oxygens (including phenoxy) is 1. The second-order valence-corrected chi connectivity index (χ2v) is 7.48. The van der Waals surface area contributed by atoms with Gasteiger partial charge in [0, 0.05) is 0 Å². The molecule has 2 nitrogen and oxygen atoms in total. The van der Waals surface area contributed by atoms with Crippen molar-refractivity contribution in [2.45, 2.75) is 70.1 Å². The summed E-state index contributed by atoms with van der Waals surface area (Å²) in [7, 11) is 0. The highest BCUT2D eigenvalue weighted by molar-refractivity contribution is 5.70. The molecule has 2 aliphatic rings. The van der Waals surface area contributed by atoms with E-state index in [-0.39, 0.29) is 0 Å². The van der Waals surface area contributed by atoms with Crippen LogP contribution in [0.1, 0.15) is 75.7 Å². The van der Waals surface area contributed by atoms with E-state index in [1.54, 1.807) is 0 Å². The van der Waals surface area contributed by atoms with Crippen molar-refractivity contribution in [1.82, 2.24) is 5.32 Å². The summed E-state index contributed by atoms with van der Waals surface area (Å²) in [6, 6.07) is 14.6. The number of benzene rings is 2. The summed E-state index contributed by atoms with van der Waals surface area (Å²) in [5, 5.41) is 4.97. The van der Waals surface area contributed by atoms with Gasteiger partial charge < -0.3 is 4.74 Å². The summed E-state index contributed by atoms with van der Waals surface area (Å²) in [5.41, 5.74) is 3.42. The summed E-state index contributed by atoms with van der Waals surface area (Å²) in [6.45, 7) is 0. The Labute approximate surface area is 151 Å². The first-order valence-electron chi connectivity index (χ1n) is 10.0. The molecule has 1 heterocycles. The zero-order chi connectivity index (χ0) is 16.9. The van der Waals surface area contributed by atoms with Crippen LogP contribution in [0, 0.1) is 0 Å². The van der Waals surface area contributed by atoms with Crippen LogP contribution in [0.15, 0.2) is 42.5 Å². The molecule has 131 valence electrons. The number of hydrogen-bond donors (Lipinski definition) is 0. The van der Waals surface area contributed by atoms with Crippen LogP contribution in [0.25, 0.3) is 0 Å². The van der Waals surface area contributed by atoms with Crippen LogP contribution in [0.2, 0.25) is 0 Å². The van der Waals surface area contributed by atoms with E-state index in [4.69, 9.17) is 10.1 Å². The van der Waals surface area contributed by atoms with Crippen molar-refractivity contribution in [3.63, 3.8) is 0 Å². The van der Waals surface area contributed by atoms with Gasteiger partial charge in [-0.05, 0) is 42.5 Å². The summed E-state index contributed by atoms with van der Waals surface area (Å²) in [4.78, 5) is 0. The molecule has 4 rings (SSSR count). The lowest BCUT2D eigenvalue weighted by Gasteiger charge is -2.26. The lowest BCUT2D eigenvalue weighted by atomic mass is 9.87. The molecule has 25 heavy (non-hydrogen) atoms. The molecule has 0 amide bonds. The Kier molecular flexibility index (Phi) is 5.25. The van der Waals surface area contributed by atoms with Gasteiger partial charge in [0.2, 0.25) is 0 Å². The number of hydrogen-bond acceptors (Lipinski definition) is 1. The van der Waals surface area contributed by atoms with Crippen molar-refractivity contribution >= 4 is 11.4 Å². The highest BCUT2D eigenvalue weighted by Crippen LogP contribution is 2.47. The molecular formula is C23H28NO. The molecule has 1 aliphatic carbocycles. The van der Waals surface area contributed by atoms with Crippen LogP contribution in [0.4, 0.5) is 11.4 Å². The SMILES string of the molecule is c1ccc2c(c1)[N]c1c(cccc1C1CCCCCCCCCC1)O2. The fraction of sp³-hybridized carbons (Fsp3) is 0.478. The van der Waals surface area contributed by atoms with Gasteiger partial charge in [0.25, 0.3) is 0 Å². The van der Waals surface area contributed by atoms with Crippen molar-refractivity contribution in [1.29, 1.82) is 0 Å².